The average Bonchev–Trinajstić information content (AvgIpc) is 1.25. The molecular formula is H4GeO6Si. The molecule has 0 aromatic carbocycles. The Bertz CT molecular complexity index is 66.5. The zero-order valence-corrected chi connectivity index (χ0v) is 6.70. The molecule has 0 aliphatic rings. The SMILES string of the molecule is O=[Si](O)O.[O]=[Ge]([OH])[OH]. The molecule has 0 heterocycles. The predicted molar refractivity (Wildman–Crippen MR) is 21.8 cm³/mol. The van der Waals surface area contributed by atoms with Gasteiger partial charge in [0, 0.05) is 0 Å². The van der Waals surface area contributed by atoms with Crippen LogP contribution in [-0.4, -0.2) is 42.0 Å². The maximum atomic E-state index is 8.81. The van der Waals surface area contributed by atoms with E-state index in [1.165, 1.54) is 0 Å². The van der Waals surface area contributed by atoms with E-state index in [9.17, 15) is 0 Å². The van der Waals surface area contributed by atoms with Crippen LogP contribution in [0.5, 0.6) is 0 Å². The first kappa shape index (κ1) is 10.5. The molecule has 0 aliphatic heterocycles. The van der Waals surface area contributed by atoms with Crippen LogP contribution >= 0.6 is 0 Å². The van der Waals surface area contributed by atoms with Crippen molar-refractivity contribution in [2.45, 2.75) is 0 Å². The van der Waals surface area contributed by atoms with Crippen molar-refractivity contribution in [1.29, 1.82) is 0 Å². The van der Waals surface area contributed by atoms with Gasteiger partial charge in [0.15, 0.2) is 0 Å². The molecule has 0 rings (SSSR count). The van der Waals surface area contributed by atoms with Gasteiger partial charge in [0.2, 0.25) is 0 Å². The van der Waals surface area contributed by atoms with Gasteiger partial charge in [-0.25, -0.2) is 0 Å². The van der Waals surface area contributed by atoms with Crippen molar-refractivity contribution in [2.75, 3.05) is 0 Å². The van der Waals surface area contributed by atoms with Gasteiger partial charge in [-0.05, 0) is 0 Å². The van der Waals surface area contributed by atoms with E-state index >= 15 is 0 Å². The van der Waals surface area contributed by atoms with E-state index in [1.54, 1.807) is 0 Å². The number of hydrogen-bond donors (Lipinski definition) is 4. The summed E-state index contributed by atoms with van der Waals surface area (Å²) in [4.78, 5) is 14.3. The Labute approximate surface area is 50.9 Å². The summed E-state index contributed by atoms with van der Waals surface area (Å²) in [5.41, 5.74) is 0. The Morgan fingerprint density at radius 1 is 1.25 bits per heavy atom. The molecule has 0 saturated heterocycles. The third kappa shape index (κ3) is 596. The monoisotopic (exact) mass is 202 g/mol. The Morgan fingerprint density at radius 2 is 1.25 bits per heavy atom. The molecule has 0 spiro atoms. The summed E-state index contributed by atoms with van der Waals surface area (Å²) in [6, 6.07) is 0. The summed E-state index contributed by atoms with van der Waals surface area (Å²) in [6.07, 6.45) is 0. The van der Waals surface area contributed by atoms with Crippen LogP contribution in [0, 0.1) is 0 Å². The van der Waals surface area contributed by atoms with E-state index in [1.807, 2.05) is 0 Å². The fraction of sp³-hybridized carbons (Fsp3) is 0. The molecule has 48 valence electrons. The van der Waals surface area contributed by atoms with E-state index in [0.29, 0.717) is 0 Å². The van der Waals surface area contributed by atoms with Crippen molar-refractivity contribution in [3.8, 4) is 0 Å². The second-order valence-corrected chi connectivity index (χ2v) is 2.32. The van der Waals surface area contributed by atoms with Gasteiger partial charge < -0.3 is 9.59 Å². The minimum atomic E-state index is -3.58. The van der Waals surface area contributed by atoms with Gasteiger partial charge in [-0.1, -0.05) is 0 Å². The van der Waals surface area contributed by atoms with Crippen LogP contribution in [0.3, 0.4) is 0 Å². The summed E-state index contributed by atoms with van der Waals surface area (Å²) >= 11 is -3.58. The molecule has 6 nitrogen and oxygen atoms in total. The Kier molecular flexibility index (Phi) is 8.63. The third-order valence-corrected chi connectivity index (χ3v) is 0. The van der Waals surface area contributed by atoms with Crippen LogP contribution in [0.1, 0.15) is 0 Å². The third-order valence-electron chi connectivity index (χ3n) is 0. The van der Waals surface area contributed by atoms with E-state index in [4.69, 9.17) is 26.1 Å². The van der Waals surface area contributed by atoms with E-state index < -0.39 is 24.1 Å². The van der Waals surface area contributed by atoms with Crippen LogP contribution in [0.2, 0.25) is 0 Å². The fourth-order valence-corrected chi connectivity index (χ4v) is 0. The first-order valence-corrected chi connectivity index (χ1v) is 5.34. The summed E-state index contributed by atoms with van der Waals surface area (Å²) < 4.78 is 32.0. The van der Waals surface area contributed by atoms with Crippen LogP contribution in [0.4, 0.5) is 0 Å². The zero-order valence-electron chi connectivity index (χ0n) is 3.61. The van der Waals surface area contributed by atoms with Gasteiger partial charge in [-0.2, -0.15) is 0 Å². The molecule has 8 heteroatoms. The van der Waals surface area contributed by atoms with E-state index in [-0.39, 0.29) is 0 Å². The van der Waals surface area contributed by atoms with Gasteiger partial charge in [0.25, 0.3) is 0 Å². The molecule has 0 radical (unpaired) electrons. The second-order valence-electron chi connectivity index (χ2n) is 0.565. The topological polar surface area (TPSA) is 115 Å². The normalized spacial score (nSPS) is 6.00. The molecule has 4 N–H and O–H groups in total. The minimum absolute atomic E-state index is 3.13. The van der Waals surface area contributed by atoms with Crippen molar-refractivity contribution in [3.05, 3.63) is 0 Å². The van der Waals surface area contributed by atoms with Gasteiger partial charge in [0.1, 0.15) is 0 Å². The first-order chi connectivity index (χ1) is 3.46. The molecule has 0 aromatic rings. The molecule has 0 amide bonds. The van der Waals surface area contributed by atoms with Gasteiger partial charge in [-0.3, -0.25) is 4.46 Å². The Balaban J connectivity index is 0. The summed E-state index contributed by atoms with van der Waals surface area (Å²) in [5, 5.41) is 0. The molecule has 0 unspecified atom stereocenters. The summed E-state index contributed by atoms with van der Waals surface area (Å²) in [6.45, 7) is 0. The zero-order chi connectivity index (χ0) is 7.15. The quantitative estimate of drug-likeness (QED) is 0.306. The van der Waals surface area contributed by atoms with Gasteiger partial charge in [-0.15, -0.1) is 0 Å². The van der Waals surface area contributed by atoms with Crippen LogP contribution in [-0.2, 0) is 8.24 Å². The Hall–Kier alpha value is -0.440. The van der Waals surface area contributed by atoms with Crippen LogP contribution in [0.15, 0.2) is 0 Å². The Morgan fingerprint density at radius 3 is 1.25 bits per heavy atom. The van der Waals surface area contributed by atoms with Crippen LogP contribution in [0.25, 0.3) is 0 Å². The van der Waals surface area contributed by atoms with Crippen LogP contribution < -0.4 is 0 Å². The molecule has 0 atom stereocenters. The summed E-state index contributed by atoms with van der Waals surface area (Å²) in [5.74, 6) is 0. The number of rotatable bonds is 0. The molecule has 0 aromatic heterocycles. The van der Waals surface area contributed by atoms with E-state index in [0.717, 1.165) is 0 Å². The molecule has 0 fully saturated rings. The predicted octanol–water partition coefficient (Wildman–Crippen LogP) is -3.23. The van der Waals surface area contributed by atoms with Gasteiger partial charge >= 0.3 is 36.2 Å². The van der Waals surface area contributed by atoms with Crippen molar-refractivity contribution < 1.29 is 26.1 Å². The average molecular weight is 201 g/mol. The molecule has 0 saturated carbocycles. The maximum absolute atomic E-state index is 8.81. The molecule has 0 bridgehead atoms. The van der Waals surface area contributed by atoms with Crippen molar-refractivity contribution in [2.24, 2.45) is 0 Å². The molecule has 0 aliphatic carbocycles. The first-order valence-electron chi connectivity index (χ1n) is 1.30. The second kappa shape index (κ2) is 6.56. The van der Waals surface area contributed by atoms with Crippen molar-refractivity contribution in [1.82, 2.24) is 0 Å². The number of hydrogen-bond acceptors (Lipinski definition) is 2. The standard InChI is InChI=1S/GeH2O3.H2O3Si/c2-1(3)4;1-4(2)3/h2-3H;1-2H. The van der Waals surface area contributed by atoms with Crippen molar-refractivity contribution in [3.63, 3.8) is 0 Å². The fourth-order valence-electron chi connectivity index (χ4n) is 0. The molecule has 8 heavy (non-hydrogen) atoms. The molecular weight excluding hydrogens is 197 g/mol. The van der Waals surface area contributed by atoms with Crippen molar-refractivity contribution >= 4 is 24.1 Å². The van der Waals surface area contributed by atoms with Gasteiger partial charge in [0.05, 0.1) is 0 Å². The van der Waals surface area contributed by atoms with E-state index in [2.05, 4.69) is 0 Å². The summed E-state index contributed by atoms with van der Waals surface area (Å²) in [7, 11) is -3.13.